The first-order chi connectivity index (χ1) is 17.3. The van der Waals surface area contributed by atoms with Gasteiger partial charge in [0.05, 0.1) is 4.90 Å². The second kappa shape index (κ2) is 11.0. The zero-order valence-electron chi connectivity index (χ0n) is 19.9. The minimum absolute atomic E-state index is 0.0999. The van der Waals surface area contributed by atoms with E-state index in [0.717, 1.165) is 12.8 Å². The smallest absolute Gasteiger partial charge is 0.241 e. The van der Waals surface area contributed by atoms with E-state index < -0.39 is 16.1 Å². The molecular weight excluding hydrogens is 480 g/mol. The van der Waals surface area contributed by atoms with Gasteiger partial charge in [-0.2, -0.15) is 9.98 Å². The zero-order chi connectivity index (χ0) is 25.7. The lowest BCUT2D eigenvalue weighted by atomic mass is 9.91. The molecule has 0 bridgehead atoms. The fraction of sp³-hybridized carbons (Fsp3) is 0.400. The Morgan fingerprint density at radius 1 is 1.19 bits per heavy atom. The molecule has 1 aromatic carbocycles. The Balaban J connectivity index is 1.52. The fourth-order valence-electron chi connectivity index (χ4n) is 4.76. The maximum Gasteiger partial charge on any atom is 0.241 e. The lowest BCUT2D eigenvalue weighted by Crippen LogP contribution is -2.51. The summed E-state index contributed by atoms with van der Waals surface area (Å²) >= 11 is 0. The van der Waals surface area contributed by atoms with Crippen LogP contribution < -0.4 is 10.5 Å². The van der Waals surface area contributed by atoms with Gasteiger partial charge in [-0.3, -0.25) is 9.59 Å². The van der Waals surface area contributed by atoms with E-state index in [4.69, 9.17) is 5.73 Å². The van der Waals surface area contributed by atoms with Crippen molar-refractivity contribution in [2.75, 3.05) is 13.1 Å². The number of nitrogens with two attached hydrogens (primary N) is 1. The van der Waals surface area contributed by atoms with Crippen LogP contribution in [0.25, 0.3) is 10.9 Å². The molecule has 4 N–H and O–H groups in total. The number of carbonyl (C=O) groups is 2. The molecule has 36 heavy (non-hydrogen) atoms. The van der Waals surface area contributed by atoms with Gasteiger partial charge in [0, 0.05) is 49.4 Å². The molecule has 0 radical (unpaired) electrons. The number of primary amides is 1. The third kappa shape index (κ3) is 5.78. The summed E-state index contributed by atoms with van der Waals surface area (Å²) in [5, 5.41) is 9.86. The van der Waals surface area contributed by atoms with Gasteiger partial charge in [0.2, 0.25) is 21.8 Å². The number of sulfonamides is 1. The van der Waals surface area contributed by atoms with Crippen LogP contribution in [0.15, 0.2) is 53.7 Å². The zero-order valence-corrected chi connectivity index (χ0v) is 20.7. The van der Waals surface area contributed by atoms with E-state index in [1.54, 1.807) is 52.2 Å². The molecule has 11 heteroatoms. The van der Waals surface area contributed by atoms with E-state index in [1.165, 1.54) is 6.07 Å². The molecule has 0 spiro atoms. The molecule has 3 aromatic rings. The lowest BCUT2D eigenvalue weighted by Gasteiger charge is -2.34. The molecule has 0 aliphatic carbocycles. The highest BCUT2D eigenvalue weighted by Crippen LogP contribution is 2.25. The van der Waals surface area contributed by atoms with Gasteiger partial charge in [0.1, 0.15) is 17.8 Å². The quantitative estimate of drug-likeness (QED) is 0.381. The van der Waals surface area contributed by atoms with Crippen molar-refractivity contribution in [1.82, 2.24) is 19.2 Å². The number of amides is 2. The molecular formula is C25H30N6O4S. The Kier molecular flexibility index (Phi) is 7.76. The third-order valence-corrected chi connectivity index (χ3v) is 8.30. The topological polar surface area (TPSA) is 154 Å². The Bertz CT molecular complexity index is 1380. The highest BCUT2D eigenvalue weighted by atomic mass is 32.2. The third-order valence-electron chi connectivity index (χ3n) is 6.77. The molecule has 3 heterocycles. The summed E-state index contributed by atoms with van der Waals surface area (Å²) in [6, 6.07) is 11.2. The number of aryl methyl sites for hydroxylation is 1. The highest BCUT2D eigenvalue weighted by molar-refractivity contribution is 7.89. The van der Waals surface area contributed by atoms with E-state index in [0.29, 0.717) is 55.0 Å². The standard InChI is InChI=1S/C25H30N6O4S/c26-17-19-3-2-13-30(19)16-11-22(25(33)31-14-9-18(10-15-31)6-7-24(27)32)29-36(34,35)23-5-1-4-21-20(23)8-12-28-21/h1-5,8,12-13,18,22,28-29H,6-7,9-11,14-16H2,(H2,27,32). The van der Waals surface area contributed by atoms with Crippen LogP contribution in [0.2, 0.25) is 0 Å². The lowest BCUT2D eigenvalue weighted by molar-refractivity contribution is -0.134. The first-order valence-corrected chi connectivity index (χ1v) is 13.5. The summed E-state index contributed by atoms with van der Waals surface area (Å²) in [5.74, 6) is -0.318. The summed E-state index contributed by atoms with van der Waals surface area (Å²) in [6.07, 6.45) is 6.08. The molecule has 1 fully saturated rings. The number of rotatable bonds is 10. The number of hydrogen-bond donors (Lipinski definition) is 3. The predicted octanol–water partition coefficient (Wildman–Crippen LogP) is 2.08. The summed E-state index contributed by atoms with van der Waals surface area (Å²) in [6.45, 7) is 1.28. The van der Waals surface area contributed by atoms with Crippen molar-refractivity contribution in [1.29, 1.82) is 5.26 Å². The van der Waals surface area contributed by atoms with Crippen molar-refractivity contribution >= 4 is 32.7 Å². The normalized spacial score (nSPS) is 15.6. The predicted molar refractivity (Wildman–Crippen MR) is 134 cm³/mol. The number of hydrogen-bond acceptors (Lipinski definition) is 5. The number of H-pyrrole nitrogens is 1. The van der Waals surface area contributed by atoms with Gasteiger partial charge in [-0.15, -0.1) is 0 Å². The number of nitriles is 1. The number of nitrogens with one attached hydrogen (secondary N) is 2. The molecule has 2 aromatic heterocycles. The van der Waals surface area contributed by atoms with Gasteiger partial charge in [-0.05, 0) is 61.9 Å². The minimum atomic E-state index is -4.02. The first-order valence-electron chi connectivity index (χ1n) is 12.0. The van der Waals surface area contributed by atoms with Crippen molar-refractivity contribution in [3.8, 4) is 6.07 Å². The molecule has 4 rings (SSSR count). The Labute approximate surface area is 210 Å². The molecule has 10 nitrogen and oxygen atoms in total. The van der Waals surface area contributed by atoms with Gasteiger partial charge in [-0.1, -0.05) is 6.07 Å². The van der Waals surface area contributed by atoms with Crippen LogP contribution in [0.1, 0.15) is 37.8 Å². The number of nitrogens with zero attached hydrogens (tertiary/aromatic N) is 3. The van der Waals surface area contributed by atoms with Crippen LogP contribution in [0.5, 0.6) is 0 Å². The number of aromatic nitrogens is 2. The van der Waals surface area contributed by atoms with Crippen LogP contribution in [0, 0.1) is 17.2 Å². The van der Waals surface area contributed by atoms with E-state index in [1.807, 2.05) is 0 Å². The second-order valence-corrected chi connectivity index (χ2v) is 10.8. The minimum Gasteiger partial charge on any atom is -0.370 e. The van der Waals surface area contributed by atoms with Gasteiger partial charge in [0.15, 0.2) is 0 Å². The maximum atomic E-state index is 13.6. The number of likely N-dealkylation sites (tertiary alicyclic amines) is 1. The van der Waals surface area contributed by atoms with Crippen molar-refractivity contribution in [2.45, 2.75) is 49.6 Å². The van der Waals surface area contributed by atoms with Crippen molar-refractivity contribution in [2.24, 2.45) is 11.7 Å². The van der Waals surface area contributed by atoms with E-state index in [9.17, 15) is 23.3 Å². The SMILES string of the molecule is N#Cc1cccn1CCC(NS(=O)(=O)c1cccc2[nH]ccc12)C(=O)N1CCC(CCC(N)=O)CC1. The largest absolute Gasteiger partial charge is 0.370 e. The number of carbonyl (C=O) groups excluding carboxylic acids is 2. The molecule has 1 aliphatic heterocycles. The number of benzene rings is 1. The van der Waals surface area contributed by atoms with Gasteiger partial charge in [-0.25, -0.2) is 8.42 Å². The molecule has 1 saturated heterocycles. The van der Waals surface area contributed by atoms with E-state index in [2.05, 4.69) is 15.8 Å². The first kappa shape index (κ1) is 25.5. The van der Waals surface area contributed by atoms with Gasteiger partial charge < -0.3 is 20.2 Å². The maximum absolute atomic E-state index is 13.6. The Hall–Kier alpha value is -3.62. The Morgan fingerprint density at radius 2 is 1.97 bits per heavy atom. The average Bonchev–Trinajstić information content (AvgIpc) is 3.54. The summed E-state index contributed by atoms with van der Waals surface area (Å²) < 4.78 is 31.2. The molecule has 190 valence electrons. The second-order valence-electron chi connectivity index (χ2n) is 9.13. The molecule has 0 saturated carbocycles. The average molecular weight is 511 g/mol. The number of aromatic amines is 1. The number of fused-ring (bicyclic) bond motifs is 1. The van der Waals surface area contributed by atoms with Crippen molar-refractivity contribution < 1.29 is 18.0 Å². The van der Waals surface area contributed by atoms with E-state index in [-0.39, 0.29) is 23.1 Å². The summed E-state index contributed by atoms with van der Waals surface area (Å²) in [5.41, 5.74) is 6.39. The Morgan fingerprint density at radius 3 is 2.69 bits per heavy atom. The van der Waals surface area contributed by atoms with Crippen LogP contribution in [0.3, 0.4) is 0 Å². The molecule has 1 atom stereocenters. The fourth-order valence-corrected chi connectivity index (χ4v) is 6.21. The molecule has 2 amide bonds. The van der Waals surface area contributed by atoms with Crippen molar-refractivity contribution in [3.05, 3.63) is 54.5 Å². The molecule has 1 aliphatic rings. The van der Waals surface area contributed by atoms with Crippen LogP contribution in [0.4, 0.5) is 0 Å². The summed E-state index contributed by atoms with van der Waals surface area (Å²) in [7, 11) is -4.02. The summed E-state index contributed by atoms with van der Waals surface area (Å²) in [4.78, 5) is 29.4. The van der Waals surface area contributed by atoms with E-state index >= 15 is 0 Å². The van der Waals surface area contributed by atoms with Crippen LogP contribution in [-0.2, 0) is 26.2 Å². The van der Waals surface area contributed by atoms with Crippen LogP contribution >= 0.6 is 0 Å². The molecule has 1 unspecified atom stereocenters. The highest BCUT2D eigenvalue weighted by Gasteiger charge is 2.32. The number of piperidine rings is 1. The monoisotopic (exact) mass is 510 g/mol. The van der Waals surface area contributed by atoms with Crippen molar-refractivity contribution in [3.63, 3.8) is 0 Å². The van der Waals surface area contributed by atoms with Gasteiger partial charge in [0.25, 0.3) is 0 Å². The van der Waals surface area contributed by atoms with Gasteiger partial charge >= 0.3 is 0 Å². The van der Waals surface area contributed by atoms with Crippen LogP contribution in [-0.4, -0.2) is 53.8 Å².